The lowest BCUT2D eigenvalue weighted by Gasteiger charge is -2.19. The zero-order valence-electron chi connectivity index (χ0n) is 12.2. The molecule has 1 rings (SSSR count). The summed E-state index contributed by atoms with van der Waals surface area (Å²) in [5, 5.41) is 2.99. The van der Waals surface area contributed by atoms with Gasteiger partial charge in [0.15, 0.2) is 0 Å². The van der Waals surface area contributed by atoms with Crippen molar-refractivity contribution in [2.45, 2.75) is 13.3 Å². The molecule has 0 aliphatic carbocycles. The number of para-hydroxylation sites is 2. The molecule has 0 spiro atoms. The van der Waals surface area contributed by atoms with Crippen LogP contribution in [0, 0.1) is 0 Å². The van der Waals surface area contributed by atoms with Gasteiger partial charge in [0.25, 0.3) is 0 Å². The molecule has 0 atom stereocenters. The molecule has 0 unspecified atom stereocenters. The fourth-order valence-corrected chi connectivity index (χ4v) is 2.62. The van der Waals surface area contributed by atoms with Crippen LogP contribution in [0.4, 0.5) is 5.69 Å². The normalized spacial score (nSPS) is 11.6. The summed E-state index contributed by atoms with van der Waals surface area (Å²) in [5.74, 6) is 0.530. The monoisotopic (exact) mass is 301 g/mol. The number of hydrogen-bond donors (Lipinski definition) is 2. The van der Waals surface area contributed by atoms with Crippen LogP contribution in [0.5, 0.6) is 5.75 Å². The molecule has 20 heavy (non-hydrogen) atoms. The second kappa shape index (κ2) is 8.08. The number of nitrogens with zero attached hydrogens (tertiary/aromatic N) is 1. The minimum absolute atomic E-state index is 0.451. The summed E-state index contributed by atoms with van der Waals surface area (Å²) in [6.07, 6.45) is 0.751. The van der Waals surface area contributed by atoms with Gasteiger partial charge in [-0.25, -0.2) is 0 Å². The molecular weight excluding hydrogens is 278 g/mol. The second-order valence-electron chi connectivity index (χ2n) is 4.31. The van der Waals surface area contributed by atoms with Crippen LogP contribution in [0.15, 0.2) is 24.3 Å². The molecule has 0 amide bonds. The van der Waals surface area contributed by atoms with Gasteiger partial charge in [0.05, 0.1) is 12.3 Å². The maximum atomic E-state index is 12.2. The predicted octanol–water partition coefficient (Wildman–Crippen LogP) is 1.28. The third kappa shape index (κ3) is 4.99. The van der Waals surface area contributed by atoms with E-state index in [1.807, 2.05) is 14.0 Å². The molecule has 0 saturated heterocycles. The first-order valence-corrected chi connectivity index (χ1v) is 8.05. The van der Waals surface area contributed by atoms with Crippen LogP contribution in [0.25, 0.3) is 0 Å². The van der Waals surface area contributed by atoms with Gasteiger partial charge in [0.1, 0.15) is 5.75 Å². The van der Waals surface area contributed by atoms with Crippen LogP contribution < -0.4 is 14.8 Å². The van der Waals surface area contributed by atoms with Crippen LogP contribution in [0.3, 0.4) is 0 Å². The van der Waals surface area contributed by atoms with E-state index in [0.29, 0.717) is 24.6 Å². The SMILES string of the molecule is CCOc1ccccc1NS(=O)(=O)N(C)CCCNC. The molecule has 0 aliphatic rings. The van der Waals surface area contributed by atoms with Crippen LogP contribution >= 0.6 is 0 Å². The fraction of sp³-hybridized carbons (Fsp3) is 0.538. The van der Waals surface area contributed by atoms with Crippen LogP contribution in [0.1, 0.15) is 13.3 Å². The van der Waals surface area contributed by atoms with Crippen molar-refractivity contribution < 1.29 is 13.2 Å². The second-order valence-corrected chi connectivity index (χ2v) is 6.09. The molecule has 2 N–H and O–H groups in total. The summed E-state index contributed by atoms with van der Waals surface area (Å²) in [6, 6.07) is 6.99. The van der Waals surface area contributed by atoms with Crippen molar-refractivity contribution in [3.63, 3.8) is 0 Å². The smallest absolute Gasteiger partial charge is 0.301 e. The van der Waals surface area contributed by atoms with E-state index in [0.717, 1.165) is 13.0 Å². The van der Waals surface area contributed by atoms with Crippen LogP contribution in [-0.2, 0) is 10.2 Å². The van der Waals surface area contributed by atoms with Gasteiger partial charge in [-0.15, -0.1) is 0 Å². The van der Waals surface area contributed by atoms with Gasteiger partial charge in [-0.3, -0.25) is 4.72 Å². The summed E-state index contributed by atoms with van der Waals surface area (Å²) in [7, 11) is -0.164. The van der Waals surface area contributed by atoms with Crippen molar-refractivity contribution in [2.24, 2.45) is 0 Å². The molecule has 6 nitrogen and oxygen atoms in total. The minimum atomic E-state index is -3.56. The number of hydrogen-bond acceptors (Lipinski definition) is 4. The Morgan fingerprint density at radius 3 is 2.65 bits per heavy atom. The van der Waals surface area contributed by atoms with Crippen molar-refractivity contribution in [1.82, 2.24) is 9.62 Å². The molecule has 0 heterocycles. The molecule has 7 heteroatoms. The predicted molar refractivity (Wildman–Crippen MR) is 81.3 cm³/mol. The maximum absolute atomic E-state index is 12.2. The molecule has 0 aromatic heterocycles. The Morgan fingerprint density at radius 2 is 2.00 bits per heavy atom. The molecule has 1 aromatic rings. The topological polar surface area (TPSA) is 70.7 Å². The van der Waals surface area contributed by atoms with Crippen LogP contribution in [0.2, 0.25) is 0 Å². The number of ether oxygens (including phenoxy) is 1. The first kappa shape index (κ1) is 16.7. The van der Waals surface area contributed by atoms with Gasteiger partial charge in [0.2, 0.25) is 0 Å². The van der Waals surface area contributed by atoms with E-state index in [4.69, 9.17) is 4.74 Å². The highest BCUT2D eigenvalue weighted by Gasteiger charge is 2.18. The first-order valence-electron chi connectivity index (χ1n) is 6.61. The fourth-order valence-electron chi connectivity index (χ4n) is 1.65. The van der Waals surface area contributed by atoms with E-state index in [-0.39, 0.29) is 0 Å². The lowest BCUT2D eigenvalue weighted by Crippen LogP contribution is -2.34. The number of anilines is 1. The Labute approximate surface area is 121 Å². The van der Waals surface area contributed by atoms with E-state index in [2.05, 4.69) is 10.0 Å². The molecule has 0 aliphatic heterocycles. The highest BCUT2D eigenvalue weighted by atomic mass is 32.2. The standard InChI is InChI=1S/C13H23N3O3S/c1-4-19-13-9-6-5-8-12(13)15-20(17,18)16(3)11-7-10-14-2/h5-6,8-9,14-15H,4,7,10-11H2,1-3H3. The highest BCUT2D eigenvalue weighted by Crippen LogP contribution is 2.25. The van der Waals surface area contributed by atoms with Crippen molar-refractivity contribution in [3.8, 4) is 5.75 Å². The summed E-state index contributed by atoms with van der Waals surface area (Å²) >= 11 is 0. The third-order valence-electron chi connectivity index (χ3n) is 2.74. The summed E-state index contributed by atoms with van der Waals surface area (Å²) in [4.78, 5) is 0. The van der Waals surface area contributed by atoms with Crippen molar-refractivity contribution in [1.29, 1.82) is 0 Å². The van der Waals surface area contributed by atoms with E-state index >= 15 is 0 Å². The van der Waals surface area contributed by atoms with Gasteiger partial charge >= 0.3 is 10.2 Å². The Bertz CT molecular complexity index is 505. The number of benzene rings is 1. The Hall–Kier alpha value is -1.31. The van der Waals surface area contributed by atoms with Gasteiger partial charge in [-0.05, 0) is 39.1 Å². The van der Waals surface area contributed by atoms with Gasteiger partial charge in [-0.2, -0.15) is 12.7 Å². The van der Waals surface area contributed by atoms with Gasteiger partial charge in [-0.1, -0.05) is 12.1 Å². The molecule has 0 bridgehead atoms. The maximum Gasteiger partial charge on any atom is 0.301 e. The molecule has 0 saturated carbocycles. The van der Waals surface area contributed by atoms with Crippen molar-refractivity contribution in [2.75, 3.05) is 38.5 Å². The minimum Gasteiger partial charge on any atom is -0.492 e. The summed E-state index contributed by atoms with van der Waals surface area (Å²) in [5.41, 5.74) is 0.454. The average molecular weight is 301 g/mol. The Kier molecular flexibility index (Phi) is 6.77. The molecular formula is C13H23N3O3S. The average Bonchev–Trinajstić information content (AvgIpc) is 2.41. The Balaban J connectivity index is 2.75. The number of nitrogens with one attached hydrogen (secondary N) is 2. The lowest BCUT2D eigenvalue weighted by molar-refractivity contribution is 0.342. The molecule has 1 aromatic carbocycles. The highest BCUT2D eigenvalue weighted by molar-refractivity contribution is 7.90. The van der Waals surface area contributed by atoms with E-state index < -0.39 is 10.2 Å². The summed E-state index contributed by atoms with van der Waals surface area (Å²) < 4.78 is 33.6. The zero-order chi connectivity index (χ0) is 15.0. The first-order chi connectivity index (χ1) is 9.51. The van der Waals surface area contributed by atoms with Gasteiger partial charge < -0.3 is 10.1 Å². The molecule has 0 fully saturated rings. The van der Waals surface area contributed by atoms with E-state index in [9.17, 15) is 8.42 Å². The van der Waals surface area contributed by atoms with E-state index in [1.165, 1.54) is 4.31 Å². The molecule has 0 radical (unpaired) electrons. The molecule has 114 valence electrons. The largest absolute Gasteiger partial charge is 0.492 e. The third-order valence-corrected chi connectivity index (χ3v) is 4.22. The van der Waals surface area contributed by atoms with E-state index in [1.54, 1.807) is 31.3 Å². The quantitative estimate of drug-likeness (QED) is 0.674. The Morgan fingerprint density at radius 1 is 1.30 bits per heavy atom. The summed E-state index contributed by atoms with van der Waals surface area (Å²) in [6.45, 7) is 3.56. The van der Waals surface area contributed by atoms with Crippen molar-refractivity contribution >= 4 is 15.9 Å². The van der Waals surface area contributed by atoms with Crippen molar-refractivity contribution in [3.05, 3.63) is 24.3 Å². The van der Waals surface area contributed by atoms with Gasteiger partial charge in [0, 0.05) is 13.6 Å². The number of rotatable bonds is 9. The van der Waals surface area contributed by atoms with Crippen LogP contribution in [-0.4, -0.2) is 46.5 Å². The lowest BCUT2D eigenvalue weighted by atomic mass is 10.3. The zero-order valence-corrected chi connectivity index (χ0v) is 13.0.